The number of likely N-dealkylation sites (N-methyl/N-ethyl adjacent to an activating group) is 1. The van der Waals surface area contributed by atoms with Gasteiger partial charge in [-0.1, -0.05) is 19.0 Å². The van der Waals surface area contributed by atoms with Gasteiger partial charge in [0.15, 0.2) is 5.82 Å². The van der Waals surface area contributed by atoms with Crippen molar-refractivity contribution in [1.82, 2.24) is 15.0 Å². The molecule has 2 rings (SSSR count). The summed E-state index contributed by atoms with van der Waals surface area (Å²) < 4.78 is 10.6. The molecule has 2 unspecified atom stereocenters. The number of rotatable bonds is 6. The van der Waals surface area contributed by atoms with Crippen molar-refractivity contribution in [2.45, 2.75) is 32.2 Å². The average molecular weight is 254 g/mol. The Morgan fingerprint density at radius 1 is 1.33 bits per heavy atom. The van der Waals surface area contributed by atoms with Crippen molar-refractivity contribution < 1.29 is 9.26 Å². The topological polar surface area (TPSA) is 77.4 Å². The number of nitrogens with two attached hydrogens (primary N) is 1. The monoisotopic (exact) mass is 254 g/mol. The van der Waals surface area contributed by atoms with Gasteiger partial charge in [-0.2, -0.15) is 4.98 Å². The maximum atomic E-state index is 5.92. The zero-order valence-corrected chi connectivity index (χ0v) is 11.1. The summed E-state index contributed by atoms with van der Waals surface area (Å²) in [5, 5.41) is 4.01. The van der Waals surface area contributed by atoms with Crippen LogP contribution in [0.2, 0.25) is 0 Å². The van der Waals surface area contributed by atoms with Crippen molar-refractivity contribution >= 4 is 0 Å². The molecule has 2 heterocycles. The third kappa shape index (κ3) is 3.07. The summed E-state index contributed by atoms with van der Waals surface area (Å²) >= 11 is 0. The van der Waals surface area contributed by atoms with Crippen LogP contribution in [-0.4, -0.2) is 53.9 Å². The van der Waals surface area contributed by atoms with Gasteiger partial charge in [0.25, 0.3) is 0 Å². The van der Waals surface area contributed by atoms with Crippen LogP contribution in [0.15, 0.2) is 4.52 Å². The van der Waals surface area contributed by atoms with E-state index in [4.69, 9.17) is 15.0 Å². The molecule has 2 atom stereocenters. The number of hydrogen-bond donors (Lipinski definition) is 1. The first-order chi connectivity index (χ1) is 8.74. The minimum absolute atomic E-state index is 0.0268. The van der Waals surface area contributed by atoms with Crippen molar-refractivity contribution in [2.75, 3.05) is 32.8 Å². The highest BCUT2D eigenvalue weighted by Gasteiger charge is 2.31. The van der Waals surface area contributed by atoms with Crippen LogP contribution in [-0.2, 0) is 11.2 Å². The Balaban J connectivity index is 1.90. The molecular weight excluding hydrogens is 232 g/mol. The van der Waals surface area contributed by atoms with E-state index in [0.717, 1.165) is 31.9 Å². The van der Waals surface area contributed by atoms with Crippen molar-refractivity contribution in [3.8, 4) is 0 Å². The van der Waals surface area contributed by atoms with Crippen LogP contribution in [0, 0.1) is 0 Å². The number of nitrogens with zero attached hydrogens (tertiary/aromatic N) is 3. The largest absolute Gasteiger partial charge is 0.379 e. The number of aromatic nitrogens is 2. The summed E-state index contributed by atoms with van der Waals surface area (Å²) in [6, 6.07) is -0.0268. The van der Waals surface area contributed by atoms with Gasteiger partial charge in [0.1, 0.15) is 0 Å². The third-order valence-corrected chi connectivity index (χ3v) is 3.47. The predicted octanol–water partition coefficient (Wildman–Crippen LogP) is 0.395. The Morgan fingerprint density at radius 3 is 2.72 bits per heavy atom. The van der Waals surface area contributed by atoms with E-state index in [1.807, 2.05) is 0 Å². The summed E-state index contributed by atoms with van der Waals surface area (Å²) in [5.41, 5.74) is 5.92. The maximum Gasteiger partial charge on any atom is 0.233 e. The second-order valence-corrected chi connectivity index (χ2v) is 4.63. The zero-order valence-electron chi connectivity index (χ0n) is 11.1. The van der Waals surface area contributed by atoms with Gasteiger partial charge in [0.05, 0.1) is 19.1 Å². The Bertz CT molecular complexity index is 365. The van der Waals surface area contributed by atoms with E-state index in [1.165, 1.54) is 0 Å². The molecular formula is C12H22N4O2. The molecule has 0 radical (unpaired) electrons. The van der Waals surface area contributed by atoms with Crippen LogP contribution in [0.1, 0.15) is 31.5 Å². The molecule has 0 spiro atoms. The fourth-order valence-corrected chi connectivity index (χ4v) is 2.14. The minimum atomic E-state index is -0.0268. The van der Waals surface area contributed by atoms with Crippen LogP contribution in [0.4, 0.5) is 0 Å². The Labute approximate surface area is 107 Å². The highest BCUT2D eigenvalue weighted by Crippen LogP contribution is 2.22. The number of ether oxygens (including phenoxy) is 1. The highest BCUT2D eigenvalue weighted by atomic mass is 16.5. The first-order valence-electron chi connectivity index (χ1n) is 6.62. The second kappa shape index (κ2) is 6.26. The molecule has 1 aromatic heterocycles. The molecule has 0 aromatic carbocycles. The third-order valence-electron chi connectivity index (χ3n) is 3.47. The first-order valence-corrected chi connectivity index (χ1v) is 6.62. The lowest BCUT2D eigenvalue weighted by molar-refractivity contribution is 0.187. The quantitative estimate of drug-likeness (QED) is 0.791. The molecule has 1 aromatic rings. The van der Waals surface area contributed by atoms with Crippen LogP contribution < -0.4 is 5.73 Å². The summed E-state index contributed by atoms with van der Waals surface area (Å²) in [6.45, 7) is 8.51. The molecule has 1 saturated heterocycles. The fourth-order valence-electron chi connectivity index (χ4n) is 2.14. The fraction of sp³-hybridized carbons (Fsp3) is 0.833. The summed E-state index contributed by atoms with van der Waals surface area (Å²) in [7, 11) is 0. The van der Waals surface area contributed by atoms with Crippen LogP contribution in [0.25, 0.3) is 0 Å². The van der Waals surface area contributed by atoms with Gasteiger partial charge in [-0.25, -0.2) is 0 Å². The lowest BCUT2D eigenvalue weighted by Gasteiger charge is -2.16. The predicted molar refractivity (Wildman–Crippen MR) is 67.3 cm³/mol. The molecule has 2 N–H and O–H groups in total. The standard InChI is InChI=1S/C12H22N4O2/c1-3-16(4-2)6-5-11-14-12(18-15-11)9-7-17-8-10(9)13/h9-10H,3-8,13H2,1-2H3. The molecule has 1 aliphatic heterocycles. The SMILES string of the molecule is CCN(CC)CCc1noc(C2COCC2N)n1. The molecule has 1 fully saturated rings. The van der Waals surface area contributed by atoms with E-state index in [1.54, 1.807) is 0 Å². The molecule has 0 amide bonds. The minimum Gasteiger partial charge on any atom is -0.379 e. The number of hydrogen-bond acceptors (Lipinski definition) is 6. The smallest absolute Gasteiger partial charge is 0.233 e. The molecule has 0 bridgehead atoms. The Morgan fingerprint density at radius 2 is 2.11 bits per heavy atom. The van der Waals surface area contributed by atoms with Crippen LogP contribution in [0.5, 0.6) is 0 Å². The lowest BCUT2D eigenvalue weighted by atomic mass is 10.1. The summed E-state index contributed by atoms with van der Waals surface area (Å²) in [6.07, 6.45) is 0.813. The van der Waals surface area contributed by atoms with Gasteiger partial charge in [-0.05, 0) is 13.1 Å². The molecule has 0 aliphatic carbocycles. The van der Waals surface area contributed by atoms with E-state index >= 15 is 0 Å². The van der Waals surface area contributed by atoms with Gasteiger partial charge < -0.3 is 19.9 Å². The van der Waals surface area contributed by atoms with Gasteiger partial charge in [0, 0.05) is 19.0 Å². The van der Waals surface area contributed by atoms with E-state index in [-0.39, 0.29) is 12.0 Å². The van der Waals surface area contributed by atoms with Crippen LogP contribution in [0.3, 0.4) is 0 Å². The van der Waals surface area contributed by atoms with Gasteiger partial charge in [-0.3, -0.25) is 0 Å². The zero-order chi connectivity index (χ0) is 13.0. The van der Waals surface area contributed by atoms with Crippen LogP contribution >= 0.6 is 0 Å². The average Bonchev–Trinajstić information content (AvgIpc) is 2.99. The maximum absolute atomic E-state index is 5.92. The van der Waals surface area contributed by atoms with Crippen molar-refractivity contribution in [3.63, 3.8) is 0 Å². The van der Waals surface area contributed by atoms with Crippen molar-refractivity contribution in [1.29, 1.82) is 0 Å². The molecule has 1 aliphatic rings. The second-order valence-electron chi connectivity index (χ2n) is 4.63. The molecule has 18 heavy (non-hydrogen) atoms. The first kappa shape index (κ1) is 13.5. The van der Waals surface area contributed by atoms with Gasteiger partial charge in [-0.15, -0.1) is 0 Å². The Hall–Kier alpha value is -0.980. The normalized spacial score (nSPS) is 24.0. The molecule has 0 saturated carbocycles. The van der Waals surface area contributed by atoms with E-state index in [0.29, 0.717) is 19.1 Å². The van der Waals surface area contributed by atoms with Crippen molar-refractivity contribution in [3.05, 3.63) is 11.7 Å². The summed E-state index contributed by atoms with van der Waals surface area (Å²) in [4.78, 5) is 6.75. The van der Waals surface area contributed by atoms with Gasteiger partial charge >= 0.3 is 0 Å². The lowest BCUT2D eigenvalue weighted by Crippen LogP contribution is -2.27. The molecule has 6 heteroatoms. The molecule has 6 nitrogen and oxygen atoms in total. The van der Waals surface area contributed by atoms with E-state index < -0.39 is 0 Å². The van der Waals surface area contributed by atoms with Gasteiger partial charge in [0.2, 0.25) is 5.89 Å². The highest BCUT2D eigenvalue weighted by molar-refractivity contribution is 5.01. The Kier molecular flexibility index (Phi) is 4.68. The van der Waals surface area contributed by atoms with E-state index in [9.17, 15) is 0 Å². The van der Waals surface area contributed by atoms with Crippen molar-refractivity contribution in [2.24, 2.45) is 5.73 Å². The summed E-state index contributed by atoms with van der Waals surface area (Å²) in [5.74, 6) is 1.44. The molecule has 102 valence electrons. The van der Waals surface area contributed by atoms with E-state index in [2.05, 4.69) is 28.9 Å².